The highest BCUT2D eigenvalue weighted by atomic mass is 32.2. The van der Waals surface area contributed by atoms with Gasteiger partial charge in [0.2, 0.25) is 0 Å². The van der Waals surface area contributed by atoms with Gasteiger partial charge in [-0.1, -0.05) is 6.07 Å². The Kier molecular flexibility index (Phi) is 2.61. The highest BCUT2D eigenvalue weighted by Gasteiger charge is 2.19. The fourth-order valence-corrected chi connectivity index (χ4v) is 3.04. The first-order valence-electron chi connectivity index (χ1n) is 5.59. The number of imidazole rings is 1. The highest BCUT2D eigenvalue weighted by molar-refractivity contribution is 7.99. The normalized spacial score (nSPS) is 21.4. The van der Waals surface area contributed by atoms with Crippen molar-refractivity contribution in [3.63, 3.8) is 0 Å². The molecule has 0 spiro atoms. The molecule has 1 aliphatic heterocycles. The van der Waals surface area contributed by atoms with E-state index in [4.69, 9.17) is 0 Å². The average Bonchev–Trinajstić information content (AvgIpc) is 2.73. The molecule has 1 unspecified atom stereocenters. The summed E-state index contributed by atoms with van der Waals surface area (Å²) >= 11 is 2.00. The largest absolute Gasteiger partial charge is 0.306 e. The minimum Gasteiger partial charge on any atom is -0.306 e. The summed E-state index contributed by atoms with van der Waals surface area (Å²) in [5.41, 5.74) is 2.45. The zero-order chi connectivity index (χ0) is 11.0. The summed E-state index contributed by atoms with van der Waals surface area (Å²) in [6.45, 7) is 3.20. The molecule has 1 N–H and O–H groups in total. The second-order valence-corrected chi connectivity index (χ2v) is 5.35. The molecule has 2 aromatic heterocycles. The molecule has 0 amide bonds. The molecule has 0 aromatic carbocycles. The first-order chi connectivity index (χ1) is 7.84. The molecular formula is C12H15N3S. The number of rotatable bonds is 1. The molecule has 0 saturated carbocycles. The Morgan fingerprint density at radius 1 is 1.50 bits per heavy atom. The fourth-order valence-electron chi connectivity index (χ4n) is 2.11. The van der Waals surface area contributed by atoms with Crippen molar-refractivity contribution < 1.29 is 0 Å². The minimum atomic E-state index is 0.392. The van der Waals surface area contributed by atoms with Crippen molar-refractivity contribution in [2.24, 2.45) is 0 Å². The van der Waals surface area contributed by atoms with Crippen LogP contribution in [0.25, 0.3) is 5.52 Å². The molecule has 2 aromatic rings. The van der Waals surface area contributed by atoms with Crippen molar-refractivity contribution in [2.45, 2.75) is 13.0 Å². The van der Waals surface area contributed by atoms with Gasteiger partial charge >= 0.3 is 0 Å². The Balaban J connectivity index is 2.05. The van der Waals surface area contributed by atoms with E-state index in [0.717, 1.165) is 18.1 Å². The van der Waals surface area contributed by atoms with Gasteiger partial charge in [0.05, 0.1) is 17.8 Å². The van der Waals surface area contributed by atoms with Crippen LogP contribution in [0.2, 0.25) is 0 Å². The lowest BCUT2D eigenvalue weighted by atomic mass is 10.3. The number of fused-ring (bicyclic) bond motifs is 1. The van der Waals surface area contributed by atoms with Crippen LogP contribution in [-0.4, -0.2) is 27.4 Å². The summed E-state index contributed by atoms with van der Waals surface area (Å²) in [6.07, 6.45) is 4.12. The van der Waals surface area contributed by atoms with Crippen LogP contribution in [0.3, 0.4) is 0 Å². The van der Waals surface area contributed by atoms with Crippen LogP contribution in [0.4, 0.5) is 0 Å². The molecule has 3 nitrogen and oxygen atoms in total. The van der Waals surface area contributed by atoms with Crippen LogP contribution >= 0.6 is 11.8 Å². The number of aryl methyl sites for hydroxylation is 1. The first-order valence-corrected chi connectivity index (χ1v) is 6.75. The van der Waals surface area contributed by atoms with Gasteiger partial charge in [0.1, 0.15) is 5.82 Å². The van der Waals surface area contributed by atoms with Crippen LogP contribution in [-0.2, 0) is 0 Å². The van der Waals surface area contributed by atoms with Crippen LogP contribution < -0.4 is 5.32 Å². The Morgan fingerprint density at radius 2 is 2.44 bits per heavy atom. The molecule has 1 atom stereocenters. The lowest BCUT2D eigenvalue weighted by Crippen LogP contribution is -2.31. The number of pyridine rings is 1. The number of thioether (sulfide) groups is 1. The van der Waals surface area contributed by atoms with Crippen LogP contribution in [0.1, 0.15) is 17.4 Å². The lowest BCUT2D eigenvalue weighted by Gasteiger charge is -2.22. The number of nitrogens with zero attached hydrogens (tertiary/aromatic N) is 2. The second kappa shape index (κ2) is 4.11. The van der Waals surface area contributed by atoms with Crippen molar-refractivity contribution in [2.75, 3.05) is 18.1 Å². The predicted octanol–water partition coefficient (Wildman–Crippen LogP) is 2.02. The predicted molar refractivity (Wildman–Crippen MR) is 68.0 cm³/mol. The van der Waals surface area contributed by atoms with Gasteiger partial charge in [0.25, 0.3) is 0 Å². The van der Waals surface area contributed by atoms with Crippen molar-refractivity contribution in [3.05, 3.63) is 35.9 Å². The number of aromatic nitrogens is 2. The summed E-state index contributed by atoms with van der Waals surface area (Å²) in [5, 5.41) is 3.53. The molecule has 3 heterocycles. The molecule has 84 valence electrons. The monoisotopic (exact) mass is 233 g/mol. The molecule has 3 rings (SSSR count). The van der Waals surface area contributed by atoms with E-state index < -0.39 is 0 Å². The van der Waals surface area contributed by atoms with Crippen LogP contribution in [0.15, 0.2) is 24.5 Å². The van der Waals surface area contributed by atoms with E-state index in [0.29, 0.717) is 6.04 Å². The number of hydrogen-bond acceptors (Lipinski definition) is 3. The Hall–Kier alpha value is -1.00. The fraction of sp³-hybridized carbons (Fsp3) is 0.417. The van der Waals surface area contributed by atoms with Gasteiger partial charge < -0.3 is 9.72 Å². The maximum atomic E-state index is 4.55. The van der Waals surface area contributed by atoms with Crippen molar-refractivity contribution in [3.8, 4) is 0 Å². The highest BCUT2D eigenvalue weighted by Crippen LogP contribution is 2.22. The number of nitrogens with one attached hydrogen (secondary N) is 1. The van der Waals surface area contributed by atoms with E-state index in [1.54, 1.807) is 0 Å². The summed E-state index contributed by atoms with van der Waals surface area (Å²) in [7, 11) is 0. The van der Waals surface area contributed by atoms with Gasteiger partial charge in [0, 0.05) is 24.2 Å². The third kappa shape index (κ3) is 1.72. The zero-order valence-electron chi connectivity index (χ0n) is 9.31. The molecule has 1 saturated heterocycles. The van der Waals surface area contributed by atoms with Crippen molar-refractivity contribution >= 4 is 17.3 Å². The van der Waals surface area contributed by atoms with Gasteiger partial charge in [-0.05, 0) is 18.6 Å². The van der Waals surface area contributed by atoms with E-state index >= 15 is 0 Å². The zero-order valence-corrected chi connectivity index (χ0v) is 10.1. The molecule has 1 fully saturated rings. The van der Waals surface area contributed by atoms with Gasteiger partial charge in [-0.15, -0.1) is 0 Å². The first kappa shape index (κ1) is 10.2. The second-order valence-electron chi connectivity index (χ2n) is 4.20. The van der Waals surface area contributed by atoms with Crippen molar-refractivity contribution in [1.29, 1.82) is 0 Å². The summed E-state index contributed by atoms with van der Waals surface area (Å²) in [4.78, 5) is 4.55. The minimum absolute atomic E-state index is 0.392. The Labute approximate surface area is 99.3 Å². The molecule has 1 aliphatic rings. The number of hydrogen-bond donors (Lipinski definition) is 1. The SMILES string of the molecule is Cc1ccc2cnc(C3CSCCN3)n2c1. The van der Waals surface area contributed by atoms with Gasteiger partial charge in [-0.2, -0.15) is 11.8 Å². The van der Waals surface area contributed by atoms with E-state index in [1.165, 1.54) is 16.8 Å². The van der Waals surface area contributed by atoms with E-state index in [9.17, 15) is 0 Å². The topological polar surface area (TPSA) is 29.3 Å². The van der Waals surface area contributed by atoms with Gasteiger partial charge in [-0.3, -0.25) is 0 Å². The van der Waals surface area contributed by atoms with Crippen molar-refractivity contribution in [1.82, 2.24) is 14.7 Å². The quantitative estimate of drug-likeness (QED) is 0.817. The van der Waals surface area contributed by atoms with Crippen LogP contribution in [0.5, 0.6) is 0 Å². The van der Waals surface area contributed by atoms with Crippen LogP contribution in [0, 0.1) is 6.92 Å². The maximum Gasteiger partial charge on any atom is 0.131 e. The maximum absolute atomic E-state index is 4.55. The summed E-state index contributed by atoms with van der Waals surface area (Å²) in [5.74, 6) is 3.47. The Morgan fingerprint density at radius 3 is 3.25 bits per heavy atom. The molecule has 0 radical (unpaired) electrons. The smallest absolute Gasteiger partial charge is 0.131 e. The van der Waals surface area contributed by atoms with Gasteiger partial charge in [0.15, 0.2) is 0 Å². The molecule has 0 aliphatic carbocycles. The molecule has 16 heavy (non-hydrogen) atoms. The van der Waals surface area contributed by atoms with E-state index in [2.05, 4.69) is 40.0 Å². The average molecular weight is 233 g/mol. The van der Waals surface area contributed by atoms with E-state index in [1.807, 2.05) is 18.0 Å². The third-order valence-corrected chi connectivity index (χ3v) is 4.00. The standard InChI is InChI=1S/C12H15N3S/c1-9-2-3-10-6-14-12(15(10)7-9)11-8-16-5-4-13-11/h2-3,6-7,11,13H,4-5,8H2,1H3. The molecular weight excluding hydrogens is 218 g/mol. The molecule has 4 heteroatoms. The third-order valence-electron chi connectivity index (χ3n) is 2.94. The summed E-state index contributed by atoms with van der Waals surface area (Å²) in [6, 6.07) is 4.65. The van der Waals surface area contributed by atoms with E-state index in [-0.39, 0.29) is 0 Å². The Bertz CT molecular complexity index is 500. The lowest BCUT2D eigenvalue weighted by molar-refractivity contribution is 0.562. The molecule has 0 bridgehead atoms. The van der Waals surface area contributed by atoms with Gasteiger partial charge in [-0.25, -0.2) is 4.98 Å². The summed E-state index contributed by atoms with van der Waals surface area (Å²) < 4.78 is 2.21.